The first-order valence-corrected chi connectivity index (χ1v) is 5.40. The molecule has 2 rings (SSSR count). The highest BCUT2D eigenvalue weighted by Crippen LogP contribution is 2.37. The molecule has 0 bridgehead atoms. The van der Waals surface area contributed by atoms with Crippen LogP contribution in [-0.2, 0) is 12.7 Å². The summed E-state index contributed by atoms with van der Waals surface area (Å²) in [4.78, 5) is 3.64. The van der Waals surface area contributed by atoms with Crippen molar-refractivity contribution in [2.45, 2.75) is 37.5 Å². The Morgan fingerprint density at radius 1 is 1.28 bits per heavy atom. The second-order valence-corrected chi connectivity index (χ2v) is 4.38. The van der Waals surface area contributed by atoms with Crippen molar-refractivity contribution in [3.05, 3.63) is 29.6 Å². The van der Waals surface area contributed by atoms with Crippen LogP contribution in [0.4, 0.5) is 22.0 Å². The average Bonchev–Trinajstić information content (AvgIpc) is 2.22. The van der Waals surface area contributed by atoms with Crippen molar-refractivity contribution in [2.24, 2.45) is 0 Å². The lowest BCUT2D eigenvalue weighted by atomic mass is 9.88. The van der Waals surface area contributed by atoms with E-state index in [1.807, 2.05) is 0 Å². The summed E-state index contributed by atoms with van der Waals surface area (Å²) in [5.74, 6) is -2.61. The van der Waals surface area contributed by atoms with Crippen LogP contribution in [0.15, 0.2) is 18.3 Å². The fourth-order valence-corrected chi connectivity index (χ4v) is 1.75. The van der Waals surface area contributed by atoms with Gasteiger partial charge in [-0.2, -0.15) is 13.2 Å². The highest BCUT2D eigenvalue weighted by molar-refractivity contribution is 5.17. The molecule has 0 saturated heterocycles. The first kappa shape index (κ1) is 13.2. The van der Waals surface area contributed by atoms with Crippen molar-refractivity contribution in [2.75, 3.05) is 0 Å². The van der Waals surface area contributed by atoms with Gasteiger partial charge in [0.2, 0.25) is 0 Å². The summed E-state index contributed by atoms with van der Waals surface area (Å²) < 4.78 is 61.8. The lowest BCUT2D eigenvalue weighted by Gasteiger charge is -2.35. The Hall–Kier alpha value is -1.24. The molecule has 18 heavy (non-hydrogen) atoms. The van der Waals surface area contributed by atoms with Crippen molar-refractivity contribution in [1.29, 1.82) is 0 Å². The lowest BCUT2D eigenvalue weighted by Crippen LogP contribution is -2.48. The third-order valence-electron chi connectivity index (χ3n) is 2.81. The molecule has 0 radical (unpaired) electrons. The molecule has 0 aliphatic heterocycles. The van der Waals surface area contributed by atoms with Gasteiger partial charge >= 0.3 is 6.18 Å². The summed E-state index contributed by atoms with van der Waals surface area (Å²) in [7, 11) is 0. The lowest BCUT2D eigenvalue weighted by molar-refractivity contribution is -0.137. The molecule has 1 aromatic heterocycles. The van der Waals surface area contributed by atoms with Gasteiger partial charge in [0.15, 0.2) is 0 Å². The maximum absolute atomic E-state index is 12.5. The highest BCUT2D eigenvalue weighted by Gasteiger charge is 2.44. The maximum Gasteiger partial charge on any atom is 0.417 e. The minimum atomic E-state index is -4.41. The number of hydrogen-bond acceptors (Lipinski definition) is 2. The second kappa shape index (κ2) is 4.46. The van der Waals surface area contributed by atoms with Crippen LogP contribution in [0.25, 0.3) is 0 Å². The first-order chi connectivity index (χ1) is 8.26. The van der Waals surface area contributed by atoms with Crippen molar-refractivity contribution in [1.82, 2.24) is 10.3 Å². The zero-order chi connectivity index (χ0) is 13.4. The Morgan fingerprint density at radius 3 is 2.39 bits per heavy atom. The average molecular weight is 266 g/mol. The number of rotatable bonds is 3. The minimum Gasteiger partial charge on any atom is -0.308 e. The normalized spacial score (nSPS) is 19.6. The molecule has 1 aromatic rings. The van der Waals surface area contributed by atoms with Crippen LogP contribution in [-0.4, -0.2) is 16.9 Å². The molecule has 0 aromatic carbocycles. The summed E-state index contributed by atoms with van der Waals surface area (Å²) in [6.45, 7) is 0.193. The molecule has 0 atom stereocenters. The van der Waals surface area contributed by atoms with E-state index in [0.29, 0.717) is 5.69 Å². The summed E-state index contributed by atoms with van der Waals surface area (Å²) in [6.07, 6.45) is -4.12. The monoisotopic (exact) mass is 266 g/mol. The van der Waals surface area contributed by atoms with Gasteiger partial charge in [0.25, 0.3) is 5.92 Å². The molecule has 1 heterocycles. The van der Waals surface area contributed by atoms with Crippen LogP contribution in [0.1, 0.15) is 24.1 Å². The van der Waals surface area contributed by atoms with Gasteiger partial charge in [-0.1, -0.05) is 0 Å². The topological polar surface area (TPSA) is 24.9 Å². The van der Waals surface area contributed by atoms with Crippen LogP contribution in [0, 0.1) is 0 Å². The molecule has 1 saturated carbocycles. The zero-order valence-electron chi connectivity index (χ0n) is 9.27. The molecule has 1 N–H and O–H groups in total. The quantitative estimate of drug-likeness (QED) is 0.851. The van der Waals surface area contributed by atoms with E-state index in [0.717, 1.165) is 12.3 Å². The van der Waals surface area contributed by atoms with Gasteiger partial charge in [0.05, 0.1) is 11.3 Å². The number of alkyl halides is 5. The smallest absolute Gasteiger partial charge is 0.308 e. The molecule has 100 valence electrons. The molecule has 0 spiro atoms. The number of aromatic nitrogens is 1. The molecule has 2 nitrogen and oxygen atoms in total. The Balaban J connectivity index is 1.84. The van der Waals surface area contributed by atoms with E-state index in [9.17, 15) is 22.0 Å². The molecule has 1 fully saturated rings. The molecular formula is C11H11F5N2. The molecule has 0 unspecified atom stereocenters. The molecule has 1 aliphatic rings. The Morgan fingerprint density at radius 2 is 1.94 bits per heavy atom. The Bertz CT molecular complexity index is 404. The highest BCUT2D eigenvalue weighted by atomic mass is 19.4. The van der Waals surface area contributed by atoms with E-state index < -0.39 is 17.7 Å². The molecule has 7 heteroatoms. The standard InChI is InChI=1S/C11H11F5N2/c12-10(13)3-9(4-10)18-6-8-2-1-7(5-17-8)11(14,15)16/h1-2,5,9,18H,3-4,6H2. The van der Waals surface area contributed by atoms with E-state index in [2.05, 4.69) is 10.3 Å². The van der Waals surface area contributed by atoms with Gasteiger partial charge in [-0.25, -0.2) is 8.78 Å². The van der Waals surface area contributed by atoms with E-state index in [4.69, 9.17) is 0 Å². The third kappa shape index (κ3) is 3.16. The van der Waals surface area contributed by atoms with Crippen molar-refractivity contribution in [3.8, 4) is 0 Å². The van der Waals surface area contributed by atoms with E-state index in [-0.39, 0.29) is 25.4 Å². The number of pyridine rings is 1. The number of nitrogens with zero attached hydrogens (tertiary/aromatic N) is 1. The minimum absolute atomic E-state index is 0.193. The van der Waals surface area contributed by atoms with Crippen molar-refractivity contribution >= 4 is 0 Å². The number of nitrogens with one attached hydrogen (secondary N) is 1. The van der Waals surface area contributed by atoms with Gasteiger partial charge in [0.1, 0.15) is 0 Å². The third-order valence-corrected chi connectivity index (χ3v) is 2.81. The zero-order valence-corrected chi connectivity index (χ0v) is 9.27. The summed E-state index contributed by atoms with van der Waals surface area (Å²) in [5.41, 5.74) is -0.417. The van der Waals surface area contributed by atoms with Crippen molar-refractivity contribution in [3.63, 3.8) is 0 Å². The first-order valence-electron chi connectivity index (χ1n) is 5.40. The van der Waals surface area contributed by atoms with Gasteiger partial charge in [-0.15, -0.1) is 0 Å². The Kier molecular flexibility index (Phi) is 3.27. The van der Waals surface area contributed by atoms with Crippen molar-refractivity contribution < 1.29 is 22.0 Å². The Labute approximate surface area is 100 Å². The van der Waals surface area contributed by atoms with Crippen LogP contribution < -0.4 is 5.32 Å². The SMILES string of the molecule is FC1(F)CC(NCc2ccc(C(F)(F)F)cn2)C1. The van der Waals surface area contributed by atoms with E-state index in [1.54, 1.807) is 0 Å². The van der Waals surface area contributed by atoms with Gasteiger partial charge in [0, 0.05) is 31.6 Å². The summed E-state index contributed by atoms with van der Waals surface area (Å²) >= 11 is 0. The van der Waals surface area contributed by atoms with Crippen LogP contribution in [0.5, 0.6) is 0 Å². The van der Waals surface area contributed by atoms with E-state index in [1.165, 1.54) is 6.07 Å². The van der Waals surface area contributed by atoms with E-state index >= 15 is 0 Å². The van der Waals surface area contributed by atoms with Crippen LogP contribution >= 0.6 is 0 Å². The van der Waals surface area contributed by atoms with Crippen LogP contribution in [0.2, 0.25) is 0 Å². The number of hydrogen-bond donors (Lipinski definition) is 1. The number of halogens is 5. The van der Waals surface area contributed by atoms with Gasteiger partial charge < -0.3 is 5.32 Å². The maximum atomic E-state index is 12.5. The fraction of sp³-hybridized carbons (Fsp3) is 0.545. The molecule has 0 amide bonds. The predicted molar refractivity (Wildman–Crippen MR) is 54.0 cm³/mol. The molecule has 1 aliphatic carbocycles. The second-order valence-electron chi connectivity index (χ2n) is 4.38. The molecular weight excluding hydrogens is 255 g/mol. The summed E-state index contributed by atoms with van der Waals surface area (Å²) in [5, 5.41) is 2.83. The fourth-order valence-electron chi connectivity index (χ4n) is 1.75. The largest absolute Gasteiger partial charge is 0.417 e. The van der Waals surface area contributed by atoms with Gasteiger partial charge in [-0.3, -0.25) is 4.98 Å². The van der Waals surface area contributed by atoms with Crippen LogP contribution in [0.3, 0.4) is 0 Å². The van der Waals surface area contributed by atoms with Gasteiger partial charge in [-0.05, 0) is 12.1 Å². The predicted octanol–water partition coefficient (Wildman–Crippen LogP) is 2.99. The summed E-state index contributed by atoms with van der Waals surface area (Å²) in [6, 6.07) is 1.88.